The molecular weight excluding hydrogens is 1380 g/mol. The van der Waals surface area contributed by atoms with Gasteiger partial charge in [0.25, 0.3) is 0 Å². The summed E-state index contributed by atoms with van der Waals surface area (Å²) in [7, 11) is -9.93. The first-order valence-corrected chi connectivity index (χ1v) is 48.2. The van der Waals surface area contributed by atoms with Gasteiger partial charge in [-0.25, -0.2) is 9.13 Å². The molecule has 0 saturated carbocycles. The molecule has 19 heteroatoms. The highest BCUT2D eigenvalue weighted by atomic mass is 31.2. The van der Waals surface area contributed by atoms with E-state index in [1.54, 1.807) is 0 Å². The average Bonchev–Trinajstić information content (AvgIpc) is 0.901. The normalized spacial score (nSPS) is 14.0. The van der Waals surface area contributed by atoms with Crippen molar-refractivity contribution in [2.24, 2.45) is 5.92 Å². The Morgan fingerprint density at radius 2 is 0.453 bits per heavy atom. The van der Waals surface area contributed by atoms with Crippen molar-refractivity contribution in [3.05, 3.63) is 0 Å². The Kier molecular flexibility index (Phi) is 78.2. The lowest BCUT2D eigenvalue weighted by molar-refractivity contribution is -0.161. The topological polar surface area (TPSA) is 237 Å². The maximum absolute atomic E-state index is 13.2. The Labute approximate surface area is 651 Å². The number of ether oxygens (including phenoxy) is 4. The zero-order valence-electron chi connectivity index (χ0n) is 69.6. The molecule has 0 aliphatic heterocycles. The van der Waals surface area contributed by atoms with E-state index in [0.29, 0.717) is 25.7 Å². The van der Waals surface area contributed by atoms with Gasteiger partial charge in [0, 0.05) is 25.7 Å². The van der Waals surface area contributed by atoms with Gasteiger partial charge in [-0.1, -0.05) is 420 Å². The molecule has 106 heavy (non-hydrogen) atoms. The van der Waals surface area contributed by atoms with Crippen LogP contribution in [0.2, 0.25) is 0 Å². The Morgan fingerprint density at radius 1 is 0.264 bits per heavy atom. The van der Waals surface area contributed by atoms with Crippen LogP contribution in [0.1, 0.15) is 471 Å². The van der Waals surface area contributed by atoms with Crippen molar-refractivity contribution in [3.63, 3.8) is 0 Å². The molecule has 17 nitrogen and oxygen atoms in total. The van der Waals surface area contributed by atoms with E-state index < -0.39 is 97.5 Å². The summed E-state index contributed by atoms with van der Waals surface area (Å²) in [4.78, 5) is 73.2. The van der Waals surface area contributed by atoms with Crippen LogP contribution >= 0.6 is 15.6 Å². The molecule has 0 spiro atoms. The minimum atomic E-state index is -4.97. The molecule has 630 valence electrons. The second kappa shape index (κ2) is 79.7. The number of phosphoric acid groups is 2. The van der Waals surface area contributed by atoms with Crippen molar-refractivity contribution < 1.29 is 80.2 Å². The molecule has 0 radical (unpaired) electrons. The minimum absolute atomic E-state index is 0.108. The van der Waals surface area contributed by atoms with Gasteiger partial charge in [0.1, 0.15) is 19.3 Å². The van der Waals surface area contributed by atoms with Crippen LogP contribution in [0, 0.1) is 5.92 Å². The highest BCUT2D eigenvalue weighted by Gasteiger charge is 2.30. The van der Waals surface area contributed by atoms with E-state index in [-0.39, 0.29) is 25.7 Å². The molecule has 0 aliphatic carbocycles. The number of carbonyl (C=O) groups excluding carboxylic acids is 4. The number of phosphoric ester groups is 2. The van der Waals surface area contributed by atoms with Crippen LogP contribution in [0.25, 0.3) is 0 Å². The first-order valence-electron chi connectivity index (χ1n) is 45.2. The highest BCUT2D eigenvalue weighted by Crippen LogP contribution is 2.45. The SMILES string of the molecule is CCCCCCCCCCCCCCCCCCCCCCCC(=O)OC[C@H](COP(=O)(O)OC[C@@H](O)COP(=O)(O)OC[C@@H](COC(=O)CCCCCCCCC(C)CC)OC(=O)CCCCCCCCCCCCCCCC)OC(=O)CCCCCCCCCCCCCCCCCCCCCCC. The summed E-state index contributed by atoms with van der Waals surface area (Å²) in [5.74, 6) is -1.37. The van der Waals surface area contributed by atoms with E-state index in [2.05, 4.69) is 34.6 Å². The van der Waals surface area contributed by atoms with Gasteiger partial charge in [-0.05, 0) is 31.6 Å². The smallest absolute Gasteiger partial charge is 0.462 e. The third-order valence-corrected chi connectivity index (χ3v) is 22.8. The quantitative estimate of drug-likeness (QED) is 0.0222. The molecule has 0 aromatic rings. The van der Waals surface area contributed by atoms with Crippen molar-refractivity contribution in [1.29, 1.82) is 0 Å². The second-order valence-corrected chi connectivity index (χ2v) is 34.4. The van der Waals surface area contributed by atoms with Crippen LogP contribution in [0.15, 0.2) is 0 Å². The number of unbranched alkanes of at least 4 members (excludes halogenated alkanes) is 58. The fraction of sp³-hybridized carbons (Fsp3) is 0.954. The third kappa shape index (κ3) is 78.7. The summed E-state index contributed by atoms with van der Waals surface area (Å²) in [6, 6.07) is 0. The molecule has 3 unspecified atom stereocenters. The number of aliphatic hydroxyl groups is 1. The van der Waals surface area contributed by atoms with Crippen molar-refractivity contribution in [2.45, 2.75) is 490 Å². The Morgan fingerprint density at radius 3 is 0.670 bits per heavy atom. The van der Waals surface area contributed by atoms with Crippen LogP contribution in [0.4, 0.5) is 0 Å². The first kappa shape index (κ1) is 104. The van der Waals surface area contributed by atoms with Crippen LogP contribution in [-0.4, -0.2) is 96.7 Å². The van der Waals surface area contributed by atoms with Crippen LogP contribution in [-0.2, 0) is 65.4 Å². The summed E-state index contributed by atoms with van der Waals surface area (Å²) >= 11 is 0. The molecule has 0 fully saturated rings. The van der Waals surface area contributed by atoms with Gasteiger partial charge >= 0.3 is 39.5 Å². The van der Waals surface area contributed by atoms with E-state index in [0.717, 1.165) is 102 Å². The molecule has 0 saturated heterocycles. The van der Waals surface area contributed by atoms with Gasteiger partial charge in [0.15, 0.2) is 12.2 Å². The zero-order chi connectivity index (χ0) is 77.6. The Hall–Kier alpha value is -1.94. The lowest BCUT2D eigenvalue weighted by Gasteiger charge is -2.21. The predicted molar refractivity (Wildman–Crippen MR) is 437 cm³/mol. The zero-order valence-corrected chi connectivity index (χ0v) is 71.4. The van der Waals surface area contributed by atoms with Crippen molar-refractivity contribution in [3.8, 4) is 0 Å². The molecule has 0 bridgehead atoms. The molecule has 0 aromatic carbocycles. The number of hydrogen-bond acceptors (Lipinski definition) is 15. The first-order chi connectivity index (χ1) is 51.6. The standard InChI is InChI=1S/C87H170O17P2/c1-6-10-13-16-19-22-25-28-31-33-35-37-39-41-43-46-48-51-54-60-65-70-84(89)97-76-82(103-86(91)73-68-63-56-53-50-47-44-42-40-38-36-34-32-29-26-23-20-17-14-11-7-2)78-101-105(93,94)99-74-81(88)75-100-106(95,96)102-79-83(77-98-85(90)71-66-61-58-57-59-64-69-80(5)9-4)104-87(92)72-67-62-55-52-49-45-30-27-24-21-18-15-12-8-3/h80-83,88H,6-79H2,1-5H3,(H,93,94)(H,95,96)/t80?,81-,82-,83-/m1/s1. The summed E-state index contributed by atoms with van der Waals surface area (Å²) < 4.78 is 68.9. The van der Waals surface area contributed by atoms with Crippen LogP contribution in [0.3, 0.4) is 0 Å². The average molecular weight is 1550 g/mol. The molecule has 0 heterocycles. The van der Waals surface area contributed by atoms with Gasteiger partial charge in [0.05, 0.1) is 26.4 Å². The number of hydrogen-bond donors (Lipinski definition) is 3. The monoisotopic (exact) mass is 1550 g/mol. The van der Waals surface area contributed by atoms with Crippen LogP contribution < -0.4 is 0 Å². The van der Waals surface area contributed by atoms with Gasteiger partial charge in [-0.3, -0.25) is 37.3 Å². The van der Waals surface area contributed by atoms with Crippen molar-refractivity contribution >= 4 is 39.5 Å². The van der Waals surface area contributed by atoms with Crippen molar-refractivity contribution in [2.75, 3.05) is 39.6 Å². The van der Waals surface area contributed by atoms with Gasteiger partial charge in [-0.2, -0.15) is 0 Å². The number of carbonyl (C=O) groups is 4. The summed E-state index contributed by atoms with van der Waals surface area (Å²) in [6.45, 7) is 7.32. The number of rotatable bonds is 87. The fourth-order valence-corrected chi connectivity index (χ4v) is 15.2. The predicted octanol–water partition coefficient (Wildman–Crippen LogP) is 26.8. The van der Waals surface area contributed by atoms with E-state index in [1.165, 1.54) is 289 Å². The Balaban J connectivity index is 5.21. The van der Waals surface area contributed by atoms with Gasteiger partial charge < -0.3 is 33.8 Å². The van der Waals surface area contributed by atoms with E-state index >= 15 is 0 Å². The van der Waals surface area contributed by atoms with E-state index in [1.807, 2.05) is 0 Å². The summed E-state index contributed by atoms with van der Waals surface area (Å²) in [6.07, 6.45) is 73.8. The largest absolute Gasteiger partial charge is 0.472 e. The number of aliphatic hydroxyl groups excluding tert-OH is 1. The maximum atomic E-state index is 13.2. The Bertz CT molecular complexity index is 2020. The molecule has 0 amide bonds. The molecule has 0 aliphatic rings. The van der Waals surface area contributed by atoms with Crippen molar-refractivity contribution in [1.82, 2.24) is 0 Å². The summed E-state index contributed by atoms with van der Waals surface area (Å²) in [5, 5.41) is 10.7. The van der Waals surface area contributed by atoms with Crippen LogP contribution in [0.5, 0.6) is 0 Å². The minimum Gasteiger partial charge on any atom is -0.462 e. The molecule has 3 N–H and O–H groups in total. The molecule has 0 aromatic heterocycles. The van der Waals surface area contributed by atoms with Gasteiger partial charge in [-0.15, -0.1) is 0 Å². The fourth-order valence-electron chi connectivity index (χ4n) is 13.6. The number of esters is 4. The second-order valence-electron chi connectivity index (χ2n) is 31.5. The third-order valence-electron chi connectivity index (χ3n) is 20.9. The maximum Gasteiger partial charge on any atom is 0.472 e. The lowest BCUT2D eigenvalue weighted by atomic mass is 10.00. The van der Waals surface area contributed by atoms with E-state index in [4.69, 9.17) is 37.0 Å². The lowest BCUT2D eigenvalue weighted by Crippen LogP contribution is -2.30. The highest BCUT2D eigenvalue weighted by molar-refractivity contribution is 7.47. The van der Waals surface area contributed by atoms with E-state index in [9.17, 15) is 43.2 Å². The van der Waals surface area contributed by atoms with Gasteiger partial charge in [0.2, 0.25) is 0 Å². The molecule has 6 atom stereocenters. The summed E-state index contributed by atoms with van der Waals surface area (Å²) in [5.41, 5.74) is 0. The molecule has 0 rings (SSSR count). The molecular formula is C87H170O17P2.